The Labute approximate surface area is 90.8 Å². The monoisotopic (exact) mass is 212 g/mol. The minimum Gasteiger partial charge on any atom is -0.374 e. The summed E-state index contributed by atoms with van der Waals surface area (Å²) in [6.07, 6.45) is 3.56. The third-order valence-corrected chi connectivity index (χ3v) is 3.29. The quantitative estimate of drug-likeness (QED) is 0.688. The molecule has 0 radical (unpaired) electrons. The first-order valence-corrected chi connectivity index (χ1v) is 5.72. The standard InChI is InChI=1S/C11H20N2O2/c1-11(2,12)10(14)13-6-7-15-9-5-3-4-8(9)13/h8-9H,3-7,12H2,1-2H3. The van der Waals surface area contributed by atoms with Crippen molar-refractivity contribution in [3.05, 3.63) is 0 Å². The van der Waals surface area contributed by atoms with E-state index in [0.29, 0.717) is 13.2 Å². The summed E-state index contributed by atoms with van der Waals surface area (Å²) in [6.45, 7) is 4.90. The van der Waals surface area contributed by atoms with Gasteiger partial charge in [0.2, 0.25) is 5.91 Å². The zero-order valence-corrected chi connectivity index (χ0v) is 9.53. The van der Waals surface area contributed by atoms with Gasteiger partial charge in [-0.15, -0.1) is 0 Å². The molecule has 2 N–H and O–H groups in total. The van der Waals surface area contributed by atoms with Gasteiger partial charge < -0.3 is 15.4 Å². The van der Waals surface area contributed by atoms with Gasteiger partial charge in [-0.3, -0.25) is 4.79 Å². The maximum Gasteiger partial charge on any atom is 0.242 e. The van der Waals surface area contributed by atoms with E-state index in [2.05, 4.69) is 0 Å². The normalized spacial score (nSPS) is 31.5. The molecule has 4 nitrogen and oxygen atoms in total. The Morgan fingerprint density at radius 2 is 2.20 bits per heavy atom. The van der Waals surface area contributed by atoms with Crippen LogP contribution in [0, 0.1) is 0 Å². The van der Waals surface area contributed by atoms with Crippen molar-refractivity contribution in [2.45, 2.75) is 50.8 Å². The number of carbonyl (C=O) groups is 1. The Morgan fingerprint density at radius 1 is 1.47 bits per heavy atom. The molecule has 0 spiro atoms. The molecule has 4 heteroatoms. The molecule has 2 atom stereocenters. The first-order chi connectivity index (χ1) is 7.00. The van der Waals surface area contributed by atoms with Crippen LogP contribution in [-0.4, -0.2) is 41.6 Å². The largest absolute Gasteiger partial charge is 0.374 e. The van der Waals surface area contributed by atoms with E-state index in [9.17, 15) is 4.79 Å². The zero-order valence-electron chi connectivity index (χ0n) is 9.53. The van der Waals surface area contributed by atoms with Gasteiger partial charge in [-0.25, -0.2) is 0 Å². The van der Waals surface area contributed by atoms with Crippen LogP contribution in [0.25, 0.3) is 0 Å². The summed E-state index contributed by atoms with van der Waals surface area (Å²) in [7, 11) is 0. The van der Waals surface area contributed by atoms with E-state index in [1.165, 1.54) is 0 Å². The summed E-state index contributed by atoms with van der Waals surface area (Å²) in [4.78, 5) is 14.0. The Morgan fingerprint density at radius 3 is 2.87 bits per heavy atom. The van der Waals surface area contributed by atoms with E-state index in [1.807, 2.05) is 4.90 Å². The minimum atomic E-state index is -0.759. The smallest absolute Gasteiger partial charge is 0.242 e. The lowest BCUT2D eigenvalue weighted by atomic mass is 10.0. The molecule has 0 bridgehead atoms. The van der Waals surface area contributed by atoms with Crippen LogP contribution in [0.15, 0.2) is 0 Å². The van der Waals surface area contributed by atoms with E-state index < -0.39 is 5.54 Å². The van der Waals surface area contributed by atoms with Gasteiger partial charge in [0, 0.05) is 6.54 Å². The second-order valence-corrected chi connectivity index (χ2v) is 5.13. The van der Waals surface area contributed by atoms with E-state index >= 15 is 0 Å². The predicted octanol–water partition coefficient (Wildman–Crippen LogP) is 0.504. The molecule has 0 aromatic carbocycles. The summed E-state index contributed by atoms with van der Waals surface area (Å²) >= 11 is 0. The van der Waals surface area contributed by atoms with Crippen LogP contribution < -0.4 is 5.73 Å². The molecule has 2 fully saturated rings. The maximum absolute atomic E-state index is 12.1. The van der Waals surface area contributed by atoms with Gasteiger partial charge in [0.15, 0.2) is 0 Å². The van der Waals surface area contributed by atoms with Gasteiger partial charge in [-0.05, 0) is 33.1 Å². The topological polar surface area (TPSA) is 55.6 Å². The number of fused-ring (bicyclic) bond motifs is 1. The molecular formula is C11H20N2O2. The number of hydrogen-bond acceptors (Lipinski definition) is 3. The Kier molecular flexibility index (Phi) is 2.73. The van der Waals surface area contributed by atoms with Gasteiger partial charge in [-0.1, -0.05) is 0 Å². The van der Waals surface area contributed by atoms with Crippen molar-refractivity contribution in [2.24, 2.45) is 5.73 Å². The number of morpholine rings is 1. The molecule has 1 saturated carbocycles. The highest BCUT2D eigenvalue weighted by Gasteiger charge is 2.41. The zero-order chi connectivity index (χ0) is 11.1. The van der Waals surface area contributed by atoms with E-state index in [4.69, 9.17) is 10.5 Å². The number of carbonyl (C=O) groups excluding carboxylic acids is 1. The summed E-state index contributed by atoms with van der Waals surface area (Å²) in [6, 6.07) is 0.272. The lowest BCUT2D eigenvalue weighted by molar-refractivity contribution is -0.148. The average molecular weight is 212 g/mol. The Bertz CT molecular complexity index is 260. The van der Waals surface area contributed by atoms with Crippen molar-refractivity contribution >= 4 is 5.91 Å². The van der Waals surface area contributed by atoms with Crippen LogP contribution in [0.4, 0.5) is 0 Å². The number of rotatable bonds is 1. The van der Waals surface area contributed by atoms with Crippen molar-refractivity contribution in [1.29, 1.82) is 0 Å². The summed E-state index contributed by atoms with van der Waals surface area (Å²) in [5, 5.41) is 0. The fourth-order valence-electron chi connectivity index (χ4n) is 2.55. The fraction of sp³-hybridized carbons (Fsp3) is 0.909. The SMILES string of the molecule is CC(C)(N)C(=O)N1CCOC2CCCC21. The molecule has 86 valence electrons. The second-order valence-electron chi connectivity index (χ2n) is 5.13. The van der Waals surface area contributed by atoms with Gasteiger partial charge >= 0.3 is 0 Å². The Balaban J connectivity index is 2.11. The third-order valence-electron chi connectivity index (χ3n) is 3.29. The maximum atomic E-state index is 12.1. The molecule has 0 aromatic rings. The number of nitrogens with zero attached hydrogens (tertiary/aromatic N) is 1. The van der Waals surface area contributed by atoms with E-state index in [-0.39, 0.29) is 18.1 Å². The summed E-state index contributed by atoms with van der Waals surface area (Å²) in [5.74, 6) is 0.0581. The lowest BCUT2D eigenvalue weighted by Gasteiger charge is -2.40. The molecule has 1 amide bonds. The van der Waals surface area contributed by atoms with Gasteiger partial charge in [-0.2, -0.15) is 0 Å². The molecule has 2 aliphatic rings. The first kappa shape index (κ1) is 10.9. The van der Waals surface area contributed by atoms with Crippen LogP contribution in [-0.2, 0) is 9.53 Å². The Hall–Kier alpha value is -0.610. The molecule has 2 unspecified atom stereocenters. The van der Waals surface area contributed by atoms with Crippen LogP contribution >= 0.6 is 0 Å². The van der Waals surface area contributed by atoms with Crippen LogP contribution in [0.3, 0.4) is 0 Å². The van der Waals surface area contributed by atoms with Crippen molar-refractivity contribution in [3.63, 3.8) is 0 Å². The second kappa shape index (κ2) is 3.76. The van der Waals surface area contributed by atoms with Crippen molar-refractivity contribution in [2.75, 3.05) is 13.2 Å². The van der Waals surface area contributed by atoms with Crippen LogP contribution in [0.2, 0.25) is 0 Å². The fourth-order valence-corrected chi connectivity index (χ4v) is 2.55. The highest BCUT2D eigenvalue weighted by molar-refractivity contribution is 5.85. The molecular weight excluding hydrogens is 192 g/mol. The van der Waals surface area contributed by atoms with Gasteiger partial charge in [0.1, 0.15) is 0 Å². The molecule has 2 rings (SSSR count). The molecule has 15 heavy (non-hydrogen) atoms. The lowest BCUT2D eigenvalue weighted by Crippen LogP contribution is -2.59. The minimum absolute atomic E-state index is 0.0581. The predicted molar refractivity (Wildman–Crippen MR) is 57.4 cm³/mol. The van der Waals surface area contributed by atoms with Crippen LogP contribution in [0.1, 0.15) is 33.1 Å². The van der Waals surface area contributed by atoms with E-state index in [1.54, 1.807) is 13.8 Å². The molecule has 1 aliphatic carbocycles. The first-order valence-electron chi connectivity index (χ1n) is 5.72. The number of amides is 1. The van der Waals surface area contributed by atoms with Crippen molar-refractivity contribution in [3.8, 4) is 0 Å². The highest BCUT2D eigenvalue weighted by Crippen LogP contribution is 2.30. The van der Waals surface area contributed by atoms with Gasteiger partial charge in [0.05, 0.1) is 24.3 Å². The van der Waals surface area contributed by atoms with Gasteiger partial charge in [0.25, 0.3) is 0 Å². The van der Waals surface area contributed by atoms with Crippen LogP contribution in [0.5, 0.6) is 0 Å². The van der Waals surface area contributed by atoms with E-state index in [0.717, 1.165) is 19.3 Å². The van der Waals surface area contributed by atoms with Crippen molar-refractivity contribution < 1.29 is 9.53 Å². The molecule has 0 aromatic heterocycles. The van der Waals surface area contributed by atoms with Crippen molar-refractivity contribution in [1.82, 2.24) is 4.90 Å². The summed E-state index contributed by atoms with van der Waals surface area (Å²) in [5.41, 5.74) is 5.10. The average Bonchev–Trinajstić information content (AvgIpc) is 2.62. The third kappa shape index (κ3) is 2.01. The number of nitrogens with two attached hydrogens (primary N) is 1. The number of hydrogen-bond donors (Lipinski definition) is 1. The molecule has 1 aliphatic heterocycles. The summed E-state index contributed by atoms with van der Waals surface area (Å²) < 4.78 is 5.66. The highest BCUT2D eigenvalue weighted by atomic mass is 16.5. The number of ether oxygens (including phenoxy) is 1. The molecule has 1 heterocycles. The molecule has 1 saturated heterocycles.